The Labute approximate surface area is 335 Å². The Morgan fingerprint density at radius 3 is 1.78 bits per heavy atom. The number of aromatic nitrogens is 2. The molecule has 12 heteroatoms. The van der Waals surface area contributed by atoms with Crippen molar-refractivity contribution in [3.63, 3.8) is 0 Å². The van der Waals surface area contributed by atoms with Gasteiger partial charge < -0.3 is 20.9 Å². The predicted octanol–water partition coefficient (Wildman–Crippen LogP) is 8.80. The Kier molecular flexibility index (Phi) is 11.4. The van der Waals surface area contributed by atoms with Crippen molar-refractivity contribution in [2.75, 3.05) is 51.3 Å². The zero-order valence-corrected chi connectivity index (χ0v) is 32.6. The number of benzene rings is 4. The number of fused-ring (bicyclic) bond motifs is 10. The molecule has 0 spiro atoms. The van der Waals surface area contributed by atoms with Crippen molar-refractivity contribution in [1.29, 1.82) is 0 Å². The van der Waals surface area contributed by atoms with E-state index in [0.717, 1.165) is 89.1 Å². The lowest BCUT2D eigenvalue weighted by molar-refractivity contribution is 0.103. The predicted molar refractivity (Wildman–Crippen MR) is 223 cm³/mol. The highest BCUT2D eigenvalue weighted by Gasteiger charge is 2.35. The van der Waals surface area contributed by atoms with Gasteiger partial charge in [-0.05, 0) is 61.4 Å². The van der Waals surface area contributed by atoms with Crippen molar-refractivity contribution in [3.05, 3.63) is 122 Å². The van der Waals surface area contributed by atoms with E-state index in [1.54, 1.807) is 18.2 Å². The van der Waals surface area contributed by atoms with Crippen LogP contribution in [0.25, 0.3) is 44.1 Å². The first-order chi connectivity index (χ1) is 27.1. The zero-order valence-electron chi connectivity index (χ0n) is 31.4. The first-order valence-corrected chi connectivity index (χ1v) is 19.2. The first kappa shape index (κ1) is 37.4. The molecule has 8 nitrogen and oxygen atoms in total. The van der Waals surface area contributed by atoms with Gasteiger partial charge in [0.1, 0.15) is 11.0 Å². The third-order valence-corrected chi connectivity index (χ3v) is 10.8. The molecule has 10 rings (SSSR count). The maximum atomic E-state index is 13.2. The second kappa shape index (κ2) is 16.7. The van der Waals surface area contributed by atoms with Crippen LogP contribution >= 0.6 is 34.8 Å². The summed E-state index contributed by atoms with van der Waals surface area (Å²) in [6.07, 6.45) is 0. The number of nitrogens with zero attached hydrogens (tertiary/aromatic N) is 3. The minimum Gasteiger partial charge on any atom is -0.353 e. The van der Waals surface area contributed by atoms with Crippen LogP contribution in [0.15, 0.2) is 84.9 Å². The van der Waals surface area contributed by atoms with Crippen LogP contribution in [0.2, 0.25) is 15.2 Å². The third-order valence-electron chi connectivity index (χ3n) is 10.1. The van der Waals surface area contributed by atoms with Crippen molar-refractivity contribution in [2.24, 2.45) is 0 Å². The lowest BCUT2D eigenvalue weighted by Crippen LogP contribution is -2.49. The van der Waals surface area contributed by atoms with Crippen LogP contribution < -0.4 is 20.9 Å². The van der Waals surface area contributed by atoms with Gasteiger partial charge in [0.25, 0.3) is 0 Å². The second-order valence-electron chi connectivity index (χ2n) is 13.8. The maximum absolute atomic E-state index is 13.2. The van der Waals surface area contributed by atoms with E-state index >= 15 is 0 Å². The smallest absolute Gasteiger partial charge is 0.195 e. The van der Waals surface area contributed by atoms with Gasteiger partial charge in [-0.3, -0.25) is 14.0 Å². The number of pyridine rings is 2. The van der Waals surface area contributed by atoms with Crippen LogP contribution in [0.3, 0.4) is 0 Å². The molecule has 2 aromatic heterocycles. The topological polar surface area (TPSA) is 99.3 Å². The van der Waals surface area contributed by atoms with Gasteiger partial charge in [-0.1, -0.05) is 83.3 Å². The molecular formula is C43H40Cl3FN6O2. The van der Waals surface area contributed by atoms with Gasteiger partial charge in [0, 0.05) is 106 Å². The van der Waals surface area contributed by atoms with Crippen LogP contribution in [0.4, 0.5) is 10.2 Å². The fraction of sp³-hybridized carbons (Fsp3) is 0.256. The number of carbonyl (C=O) groups is 2. The lowest BCUT2D eigenvalue weighted by atomic mass is 10.0. The number of rotatable bonds is 1. The summed E-state index contributed by atoms with van der Waals surface area (Å²) in [6.45, 7) is 10.4. The molecule has 6 aromatic rings. The molecule has 2 aliphatic heterocycles. The Hall–Kier alpha value is -4.48. The molecule has 282 valence electrons. The molecule has 2 fully saturated rings. The van der Waals surface area contributed by atoms with Crippen LogP contribution in [0, 0.1) is 0 Å². The Bertz CT molecular complexity index is 2460. The van der Waals surface area contributed by atoms with E-state index in [9.17, 15) is 14.0 Å². The summed E-state index contributed by atoms with van der Waals surface area (Å²) in [6, 6.07) is 27.3. The largest absolute Gasteiger partial charge is 0.353 e. The summed E-state index contributed by atoms with van der Waals surface area (Å²) >= 11 is 18.4. The van der Waals surface area contributed by atoms with E-state index in [0.29, 0.717) is 49.5 Å². The quantitative estimate of drug-likeness (QED) is 0.142. The summed E-state index contributed by atoms with van der Waals surface area (Å²) in [4.78, 5) is 37.5. The van der Waals surface area contributed by atoms with E-state index in [-0.39, 0.29) is 11.6 Å². The van der Waals surface area contributed by atoms with E-state index in [1.807, 2.05) is 66.7 Å². The van der Waals surface area contributed by atoms with Gasteiger partial charge in [0.2, 0.25) is 0 Å². The van der Waals surface area contributed by atoms with Crippen molar-refractivity contribution in [3.8, 4) is 22.3 Å². The van der Waals surface area contributed by atoms with Crippen molar-refractivity contribution >= 4 is 74.0 Å². The van der Waals surface area contributed by atoms with E-state index in [1.165, 1.54) is 0 Å². The molecule has 2 atom stereocenters. The summed E-state index contributed by atoms with van der Waals surface area (Å²) in [7, 11) is -1.00. The Balaban J connectivity index is 0.000000141. The molecule has 4 aromatic carbocycles. The van der Waals surface area contributed by atoms with Crippen LogP contribution in [0.5, 0.6) is 0 Å². The molecule has 0 amide bonds. The average molecular weight is 799 g/mol. The second-order valence-corrected chi connectivity index (χ2v) is 15.0. The summed E-state index contributed by atoms with van der Waals surface area (Å²) < 4.78 is 15.5. The van der Waals surface area contributed by atoms with Gasteiger partial charge in [0.05, 0.1) is 19.6 Å². The van der Waals surface area contributed by atoms with Gasteiger partial charge in [-0.25, -0.2) is 9.97 Å². The Morgan fingerprint density at radius 2 is 1.24 bits per heavy atom. The molecule has 0 bridgehead atoms. The zero-order chi connectivity index (χ0) is 39.5. The monoisotopic (exact) mass is 797 g/mol. The van der Waals surface area contributed by atoms with Crippen LogP contribution in [0.1, 0.15) is 47.1 Å². The number of carbonyl (C=O) groups excluding carboxylic acids is 2. The minimum atomic E-state index is -1.00. The number of nitrogens with one attached hydrogen (secondary N) is 3. The molecule has 0 radical (unpaired) electrons. The molecule has 4 aliphatic rings. The molecule has 55 heavy (non-hydrogen) atoms. The maximum Gasteiger partial charge on any atom is 0.195 e. The molecule has 4 heterocycles. The van der Waals surface area contributed by atoms with E-state index in [4.69, 9.17) is 41.2 Å². The van der Waals surface area contributed by atoms with Gasteiger partial charge >= 0.3 is 0 Å². The molecule has 2 aliphatic carbocycles. The SMILES string of the molecule is CC1CN(c2nc3ccccc3c3c2-c2ccc(Cl)cc2C3=O)CCN1.CC1CNCCN1.O=C1c2cc(Cl)ccc2-c2c(Cl)nc3ccccc3c21.[2H]CF. The highest BCUT2D eigenvalue weighted by Crippen LogP contribution is 2.46. The van der Waals surface area contributed by atoms with Crippen LogP contribution in [-0.4, -0.2) is 80.0 Å². The molecular weight excluding hydrogens is 758 g/mol. The standard InChI is InChI=1S/C21H18ClN3O.C16H7Cl2NO.C5H12N2.CH3F/c1-12-11-25(9-8-23-12)21-19-14-7-6-13(22)10-16(14)20(26)18(19)15-4-2-3-5-17(15)24-21;17-8-5-6-9-11(7-8)15(20)13-10-3-1-2-4-12(10)19-16(18)14(9)13;1-5-4-6-2-3-7-5;1-2/h2-7,10,12,23H,8-9,11H2,1H3;1-7H;5-7H,2-4H2,1H3;1H3/i;;;1D. The number of hydrogen-bond acceptors (Lipinski definition) is 8. The number of piperazine rings is 2. The van der Waals surface area contributed by atoms with Gasteiger partial charge in [-0.2, -0.15) is 0 Å². The fourth-order valence-corrected chi connectivity index (χ4v) is 8.25. The fourth-order valence-electron chi connectivity index (χ4n) is 7.62. The van der Waals surface area contributed by atoms with E-state index < -0.39 is 7.15 Å². The summed E-state index contributed by atoms with van der Waals surface area (Å²) in [5, 5.41) is 13.3. The molecule has 2 unspecified atom stereocenters. The van der Waals surface area contributed by atoms with Gasteiger partial charge in [-0.15, -0.1) is 0 Å². The first-order valence-electron chi connectivity index (χ1n) is 18.8. The van der Waals surface area contributed by atoms with Crippen molar-refractivity contribution < 1.29 is 15.4 Å². The van der Waals surface area contributed by atoms with Crippen LogP contribution in [-0.2, 0) is 0 Å². The number of para-hydroxylation sites is 2. The van der Waals surface area contributed by atoms with Crippen molar-refractivity contribution in [2.45, 2.75) is 25.9 Å². The summed E-state index contributed by atoms with van der Waals surface area (Å²) in [5.41, 5.74) is 7.64. The van der Waals surface area contributed by atoms with E-state index in [2.05, 4.69) is 39.7 Å². The Morgan fingerprint density at radius 1 is 0.691 bits per heavy atom. The number of hydrogen-bond donors (Lipinski definition) is 3. The highest BCUT2D eigenvalue weighted by molar-refractivity contribution is 6.39. The highest BCUT2D eigenvalue weighted by atomic mass is 35.5. The number of anilines is 1. The molecule has 3 N–H and O–H groups in total. The normalized spacial score (nSPS) is 18.1. The van der Waals surface area contributed by atoms with Gasteiger partial charge in [0.15, 0.2) is 11.6 Å². The number of ketones is 2. The summed E-state index contributed by atoms with van der Waals surface area (Å²) in [5.74, 6) is 0.903. The molecule has 0 saturated carbocycles. The number of halogens is 4. The third kappa shape index (κ3) is 7.57. The van der Waals surface area contributed by atoms with Crippen molar-refractivity contribution in [1.82, 2.24) is 25.9 Å². The number of alkyl halides is 1. The lowest BCUT2D eigenvalue weighted by Gasteiger charge is -2.34. The molecule has 2 saturated heterocycles. The minimum absolute atomic E-state index is 0.0422. The average Bonchev–Trinajstić information content (AvgIpc) is 3.66.